The summed E-state index contributed by atoms with van der Waals surface area (Å²) in [5, 5.41) is 11.6. The summed E-state index contributed by atoms with van der Waals surface area (Å²) in [6, 6.07) is 21.7. The fraction of sp³-hybridized carbons (Fsp3) is 0.148. The molecule has 0 radical (unpaired) electrons. The number of carbonyl (C=O) groups excluding carboxylic acids is 2. The molecule has 1 N–H and O–H groups in total. The molecular formula is C27H22N2O3S. The second kappa shape index (κ2) is 8.30. The molecule has 3 aromatic carbocycles. The molecule has 1 aliphatic heterocycles. The van der Waals surface area contributed by atoms with Crippen molar-refractivity contribution < 1.29 is 14.7 Å². The Balaban J connectivity index is 1.72. The Bertz CT molecular complexity index is 1400. The third-order valence-corrected chi connectivity index (χ3v) is 6.96. The van der Waals surface area contributed by atoms with Gasteiger partial charge in [0.15, 0.2) is 5.13 Å². The second-order valence-corrected chi connectivity index (χ2v) is 9.11. The number of aromatic nitrogens is 1. The second-order valence-electron chi connectivity index (χ2n) is 8.10. The molecule has 33 heavy (non-hydrogen) atoms. The van der Waals surface area contributed by atoms with Crippen LogP contribution in [0.15, 0.2) is 78.4 Å². The summed E-state index contributed by atoms with van der Waals surface area (Å²) in [6.07, 6.45) is 0.897. The first-order valence-corrected chi connectivity index (χ1v) is 11.6. The van der Waals surface area contributed by atoms with Gasteiger partial charge in [0, 0.05) is 5.56 Å². The highest BCUT2D eigenvalue weighted by Gasteiger charge is 2.48. The van der Waals surface area contributed by atoms with Crippen molar-refractivity contribution in [2.45, 2.75) is 26.3 Å². The number of Topliss-reactive ketones (excluding diaryl/α,β-unsaturated/α-hetero) is 1. The monoisotopic (exact) mass is 454 g/mol. The number of anilines is 1. The molecular weight excluding hydrogens is 432 g/mol. The maximum absolute atomic E-state index is 13.3. The Morgan fingerprint density at radius 2 is 1.76 bits per heavy atom. The summed E-state index contributed by atoms with van der Waals surface area (Å²) in [7, 11) is 0. The Kier molecular flexibility index (Phi) is 5.30. The maximum Gasteiger partial charge on any atom is 0.301 e. The molecule has 5 rings (SSSR count). The van der Waals surface area contributed by atoms with Crippen molar-refractivity contribution >= 4 is 44.1 Å². The smallest absolute Gasteiger partial charge is 0.301 e. The first-order valence-electron chi connectivity index (χ1n) is 10.8. The van der Waals surface area contributed by atoms with Gasteiger partial charge >= 0.3 is 5.91 Å². The minimum absolute atomic E-state index is 0.0727. The highest BCUT2D eigenvalue weighted by atomic mass is 32.1. The van der Waals surface area contributed by atoms with Gasteiger partial charge in [0.05, 0.1) is 21.8 Å². The average Bonchev–Trinajstić information content (AvgIpc) is 3.37. The molecule has 1 fully saturated rings. The van der Waals surface area contributed by atoms with E-state index in [4.69, 9.17) is 0 Å². The van der Waals surface area contributed by atoms with Gasteiger partial charge in [0.25, 0.3) is 5.78 Å². The lowest BCUT2D eigenvalue weighted by atomic mass is 9.95. The number of hydrogen-bond donors (Lipinski definition) is 1. The molecule has 0 aliphatic carbocycles. The largest absolute Gasteiger partial charge is 0.507 e. The topological polar surface area (TPSA) is 70.5 Å². The van der Waals surface area contributed by atoms with Crippen LogP contribution in [0.25, 0.3) is 16.0 Å². The quantitative estimate of drug-likeness (QED) is 0.241. The lowest BCUT2D eigenvalue weighted by Gasteiger charge is -2.23. The first-order chi connectivity index (χ1) is 16.0. The molecule has 4 aromatic rings. The Morgan fingerprint density at radius 3 is 2.45 bits per heavy atom. The van der Waals surface area contributed by atoms with Crippen LogP contribution in [0.5, 0.6) is 0 Å². The molecule has 0 unspecified atom stereocenters. The van der Waals surface area contributed by atoms with Crippen LogP contribution in [-0.4, -0.2) is 21.8 Å². The number of aliphatic hydroxyl groups is 1. The van der Waals surface area contributed by atoms with E-state index >= 15 is 0 Å². The van der Waals surface area contributed by atoms with Crippen molar-refractivity contribution in [1.82, 2.24) is 4.98 Å². The summed E-state index contributed by atoms with van der Waals surface area (Å²) in [4.78, 5) is 32.6. The van der Waals surface area contributed by atoms with Crippen molar-refractivity contribution in [3.8, 4) is 0 Å². The number of carbonyl (C=O) groups is 2. The van der Waals surface area contributed by atoms with Gasteiger partial charge in [-0.25, -0.2) is 4.98 Å². The zero-order valence-electron chi connectivity index (χ0n) is 18.3. The lowest BCUT2D eigenvalue weighted by Crippen LogP contribution is -2.29. The lowest BCUT2D eigenvalue weighted by molar-refractivity contribution is -0.132. The van der Waals surface area contributed by atoms with Crippen LogP contribution in [0.1, 0.15) is 35.2 Å². The molecule has 1 atom stereocenters. The number of ketones is 1. The van der Waals surface area contributed by atoms with E-state index in [9.17, 15) is 14.7 Å². The van der Waals surface area contributed by atoms with Gasteiger partial charge in [-0.15, -0.1) is 0 Å². The average molecular weight is 455 g/mol. The predicted molar refractivity (Wildman–Crippen MR) is 131 cm³/mol. The summed E-state index contributed by atoms with van der Waals surface area (Å²) in [5.41, 5.74) is 4.32. The van der Waals surface area contributed by atoms with Crippen LogP contribution < -0.4 is 4.90 Å². The van der Waals surface area contributed by atoms with Crippen LogP contribution >= 0.6 is 11.3 Å². The molecule has 2 heterocycles. The number of rotatable bonds is 4. The first kappa shape index (κ1) is 21.1. The maximum atomic E-state index is 13.3. The number of nitrogens with zero attached hydrogens (tertiary/aromatic N) is 2. The van der Waals surface area contributed by atoms with Crippen molar-refractivity contribution in [3.63, 3.8) is 0 Å². The number of aliphatic hydroxyl groups excluding tert-OH is 1. The molecule has 1 amide bonds. The van der Waals surface area contributed by atoms with Crippen molar-refractivity contribution in [3.05, 3.63) is 101 Å². The number of aryl methyl sites for hydroxylation is 2. The van der Waals surface area contributed by atoms with Gasteiger partial charge in [-0.05, 0) is 36.6 Å². The van der Waals surface area contributed by atoms with Gasteiger partial charge in [-0.2, -0.15) is 0 Å². The summed E-state index contributed by atoms with van der Waals surface area (Å²) in [5.74, 6) is -1.58. The molecule has 5 nitrogen and oxygen atoms in total. The van der Waals surface area contributed by atoms with Gasteiger partial charge in [0.1, 0.15) is 5.76 Å². The fourth-order valence-corrected chi connectivity index (χ4v) is 5.18. The van der Waals surface area contributed by atoms with Crippen molar-refractivity contribution in [2.24, 2.45) is 0 Å². The molecule has 1 saturated heterocycles. The standard InChI is InChI=1S/C27H22N2O3S/c1-3-17-11-14-20-21(15-17)33-27(28-20)29-23(18-12-9-16(2)10-13-18)22(25(31)26(29)32)24(30)19-7-5-4-6-8-19/h4-15,23,30H,3H2,1-2H3/b24-22+/t23-/m1/s1. The van der Waals surface area contributed by atoms with Crippen LogP contribution in [0.4, 0.5) is 5.13 Å². The number of hydrogen-bond acceptors (Lipinski definition) is 5. The Labute approximate surface area is 195 Å². The van der Waals surface area contributed by atoms with Gasteiger partial charge in [-0.3, -0.25) is 14.5 Å². The van der Waals surface area contributed by atoms with Gasteiger partial charge < -0.3 is 5.11 Å². The highest BCUT2D eigenvalue weighted by Crippen LogP contribution is 2.44. The van der Waals surface area contributed by atoms with Crippen molar-refractivity contribution in [1.29, 1.82) is 0 Å². The number of thiazole rings is 1. The Morgan fingerprint density at radius 1 is 1.03 bits per heavy atom. The SMILES string of the molecule is CCc1ccc2nc(N3C(=O)C(=O)/C(=C(/O)c4ccccc4)[C@H]3c3ccc(C)cc3)sc2c1. The van der Waals surface area contributed by atoms with E-state index in [-0.39, 0.29) is 11.3 Å². The van der Waals surface area contributed by atoms with E-state index < -0.39 is 17.7 Å². The minimum Gasteiger partial charge on any atom is -0.507 e. The molecule has 0 saturated carbocycles. The van der Waals surface area contributed by atoms with Crippen LogP contribution in [-0.2, 0) is 16.0 Å². The van der Waals surface area contributed by atoms with E-state index in [1.807, 2.05) is 49.4 Å². The number of fused-ring (bicyclic) bond motifs is 1. The third kappa shape index (κ3) is 3.62. The molecule has 1 aromatic heterocycles. The van der Waals surface area contributed by atoms with E-state index in [1.165, 1.54) is 21.8 Å². The van der Waals surface area contributed by atoms with Crippen LogP contribution in [0.3, 0.4) is 0 Å². The normalized spacial score (nSPS) is 17.8. The van der Waals surface area contributed by atoms with Gasteiger partial charge in [-0.1, -0.05) is 84.5 Å². The van der Waals surface area contributed by atoms with Crippen LogP contribution in [0, 0.1) is 6.92 Å². The molecule has 164 valence electrons. The number of amides is 1. The predicted octanol–water partition coefficient (Wildman–Crippen LogP) is 5.79. The fourth-order valence-electron chi connectivity index (χ4n) is 4.13. The molecule has 6 heteroatoms. The summed E-state index contributed by atoms with van der Waals surface area (Å²) < 4.78 is 0.956. The Hall–Kier alpha value is -3.77. The zero-order chi connectivity index (χ0) is 23.1. The van der Waals surface area contributed by atoms with Gasteiger partial charge in [0.2, 0.25) is 0 Å². The third-order valence-electron chi connectivity index (χ3n) is 5.94. The summed E-state index contributed by atoms with van der Waals surface area (Å²) >= 11 is 1.38. The molecule has 1 aliphatic rings. The van der Waals surface area contributed by atoms with Crippen molar-refractivity contribution in [2.75, 3.05) is 4.90 Å². The van der Waals surface area contributed by atoms with E-state index in [0.717, 1.165) is 27.8 Å². The summed E-state index contributed by atoms with van der Waals surface area (Å²) in [6.45, 7) is 4.06. The molecule has 0 spiro atoms. The zero-order valence-corrected chi connectivity index (χ0v) is 19.1. The highest BCUT2D eigenvalue weighted by molar-refractivity contribution is 7.22. The van der Waals surface area contributed by atoms with Crippen LogP contribution in [0.2, 0.25) is 0 Å². The van der Waals surface area contributed by atoms with E-state index in [1.54, 1.807) is 24.3 Å². The molecule has 0 bridgehead atoms. The van der Waals surface area contributed by atoms with E-state index in [0.29, 0.717) is 10.7 Å². The number of benzene rings is 3. The van der Waals surface area contributed by atoms with E-state index in [2.05, 4.69) is 18.0 Å². The minimum atomic E-state index is -0.767.